The van der Waals surface area contributed by atoms with Gasteiger partial charge in [0.2, 0.25) is 0 Å². The van der Waals surface area contributed by atoms with Crippen LogP contribution in [0.4, 0.5) is 5.95 Å². The number of nitrogens with one attached hydrogen (secondary N) is 3. The molecule has 0 fully saturated rings. The lowest BCUT2D eigenvalue weighted by molar-refractivity contribution is -0.364. The first-order valence-electron chi connectivity index (χ1n) is 9.04. The second-order valence-electron chi connectivity index (χ2n) is 6.89. The number of aromatic nitrogens is 2. The van der Waals surface area contributed by atoms with Gasteiger partial charge < -0.3 is 16.0 Å². The number of hydrogen-bond acceptors (Lipinski definition) is 6. The highest BCUT2D eigenvalue weighted by Gasteiger charge is 2.44. The summed E-state index contributed by atoms with van der Waals surface area (Å²) in [5.74, 6) is 1.21. The zero-order chi connectivity index (χ0) is 20.3. The predicted octanol–water partition coefficient (Wildman–Crippen LogP) is 1.45. The number of anilines is 1. The molecule has 148 valence electrons. The molecule has 0 aromatic carbocycles. The van der Waals surface area contributed by atoms with E-state index in [4.69, 9.17) is 5.73 Å². The molecular formula is C19H26N7OS+. The van der Waals surface area contributed by atoms with E-state index in [-0.39, 0.29) is 11.4 Å². The summed E-state index contributed by atoms with van der Waals surface area (Å²) in [6.07, 6.45) is 4.88. The number of carbonyl (C=O) groups excluding carboxylic acids is 1. The number of H-pyrrole nitrogens is 1. The van der Waals surface area contributed by atoms with E-state index in [1.54, 1.807) is 30.7 Å². The molecule has 5 N–H and O–H groups in total. The van der Waals surface area contributed by atoms with Gasteiger partial charge >= 0.3 is 5.95 Å². The van der Waals surface area contributed by atoms with Gasteiger partial charge in [0, 0.05) is 37.2 Å². The van der Waals surface area contributed by atoms with Crippen LogP contribution in [0.2, 0.25) is 0 Å². The van der Waals surface area contributed by atoms with E-state index < -0.39 is 0 Å². The van der Waals surface area contributed by atoms with E-state index in [2.05, 4.69) is 39.4 Å². The van der Waals surface area contributed by atoms with Crippen molar-refractivity contribution in [2.24, 2.45) is 10.7 Å². The van der Waals surface area contributed by atoms with Crippen molar-refractivity contribution in [1.29, 1.82) is 0 Å². The van der Waals surface area contributed by atoms with E-state index in [0.29, 0.717) is 18.3 Å². The molecule has 0 atom stereocenters. The fourth-order valence-electron chi connectivity index (χ4n) is 3.23. The zero-order valence-electron chi connectivity index (χ0n) is 16.5. The molecule has 0 saturated carbocycles. The Labute approximate surface area is 168 Å². The number of thiophene rings is 1. The third-order valence-corrected chi connectivity index (χ3v) is 6.18. The number of amidine groups is 1. The largest absolute Gasteiger partial charge is 0.404 e. The zero-order valence-corrected chi connectivity index (χ0v) is 17.4. The van der Waals surface area contributed by atoms with Crippen molar-refractivity contribution in [1.82, 2.24) is 15.2 Å². The number of aromatic amines is 1. The molecule has 0 spiro atoms. The first-order valence-corrected chi connectivity index (χ1v) is 9.86. The first-order chi connectivity index (χ1) is 13.4. The summed E-state index contributed by atoms with van der Waals surface area (Å²) in [6, 6.07) is 3.84. The molecule has 1 aliphatic heterocycles. The van der Waals surface area contributed by atoms with Crippen LogP contribution in [0.3, 0.4) is 0 Å². The normalized spacial score (nSPS) is 16.1. The van der Waals surface area contributed by atoms with Gasteiger partial charge in [0.25, 0.3) is 5.91 Å². The first kappa shape index (κ1) is 20.0. The minimum absolute atomic E-state index is 0.0760. The molecule has 0 radical (unpaired) electrons. The highest BCUT2D eigenvalue weighted by Crippen LogP contribution is 2.45. The summed E-state index contributed by atoms with van der Waals surface area (Å²) < 4.78 is 0. The molecule has 2 aromatic rings. The SMILES string of the molecule is CN=C(C=CN)Nc1nc(-c2cc3c(s2)C(C)(C)N(CCNC)C3=O)cc[nH+]1. The van der Waals surface area contributed by atoms with Gasteiger partial charge in [-0.25, -0.2) is 10.3 Å². The molecular weight excluding hydrogens is 374 g/mol. The molecule has 0 saturated heterocycles. The standard InChI is InChI=1S/C19H25N7OS/c1-19(2)16-12(17(27)26(19)10-9-21-3)11-14(28-16)13-6-8-23-18(24-13)25-15(22-4)5-7-20/h5-8,11,21H,9-10,20H2,1-4H3,(H,22,23,24,25)/p+1. The van der Waals surface area contributed by atoms with Crippen molar-refractivity contribution in [3.05, 3.63) is 41.0 Å². The number of fused-ring (bicyclic) bond motifs is 1. The Morgan fingerprint density at radius 1 is 1.50 bits per heavy atom. The van der Waals surface area contributed by atoms with Crippen molar-refractivity contribution >= 4 is 29.0 Å². The Morgan fingerprint density at radius 2 is 2.29 bits per heavy atom. The molecule has 8 nitrogen and oxygen atoms in total. The number of likely N-dealkylation sites (N-methyl/N-ethyl adjacent to an activating group) is 1. The average Bonchev–Trinajstić information content (AvgIpc) is 3.20. The van der Waals surface area contributed by atoms with Crippen molar-refractivity contribution in [2.45, 2.75) is 19.4 Å². The maximum atomic E-state index is 12.9. The summed E-state index contributed by atoms with van der Waals surface area (Å²) in [5, 5.41) is 6.19. The molecule has 9 heteroatoms. The third kappa shape index (κ3) is 3.63. The van der Waals surface area contributed by atoms with Gasteiger partial charge in [-0.05, 0) is 33.2 Å². The lowest BCUT2D eigenvalue weighted by Crippen LogP contribution is -2.42. The van der Waals surface area contributed by atoms with Crippen molar-refractivity contribution < 1.29 is 9.78 Å². The molecule has 28 heavy (non-hydrogen) atoms. The van der Waals surface area contributed by atoms with E-state index >= 15 is 0 Å². The molecule has 3 heterocycles. The van der Waals surface area contributed by atoms with E-state index in [1.807, 2.05) is 24.1 Å². The molecule has 1 amide bonds. The third-order valence-electron chi connectivity index (χ3n) is 4.71. The van der Waals surface area contributed by atoms with Crippen LogP contribution in [0, 0.1) is 0 Å². The Hall–Kier alpha value is -2.78. The summed E-state index contributed by atoms with van der Waals surface area (Å²) in [7, 11) is 3.56. The molecule has 0 bridgehead atoms. The van der Waals surface area contributed by atoms with Gasteiger partial charge in [0.1, 0.15) is 0 Å². The monoisotopic (exact) mass is 400 g/mol. The second-order valence-corrected chi connectivity index (χ2v) is 7.94. The fraction of sp³-hybridized carbons (Fsp3) is 0.368. The number of nitrogens with zero attached hydrogens (tertiary/aromatic N) is 3. The van der Waals surface area contributed by atoms with Gasteiger partial charge in [0.15, 0.2) is 11.5 Å². The summed E-state index contributed by atoms with van der Waals surface area (Å²) in [6.45, 7) is 5.63. The van der Waals surface area contributed by atoms with Crippen LogP contribution in [0.25, 0.3) is 10.6 Å². The van der Waals surface area contributed by atoms with Crippen LogP contribution < -0.4 is 21.4 Å². The summed E-state index contributed by atoms with van der Waals surface area (Å²) in [5.41, 5.74) is 6.66. The van der Waals surface area contributed by atoms with Gasteiger partial charge in [-0.2, -0.15) is 0 Å². The van der Waals surface area contributed by atoms with Crippen LogP contribution in [0.5, 0.6) is 0 Å². The van der Waals surface area contributed by atoms with E-state index in [9.17, 15) is 4.79 Å². The smallest absolute Gasteiger partial charge is 0.395 e. The van der Waals surface area contributed by atoms with Crippen LogP contribution in [0.15, 0.2) is 35.6 Å². The highest BCUT2D eigenvalue weighted by molar-refractivity contribution is 7.16. The average molecular weight is 401 g/mol. The summed E-state index contributed by atoms with van der Waals surface area (Å²) >= 11 is 1.62. The Balaban J connectivity index is 1.90. The van der Waals surface area contributed by atoms with Gasteiger partial charge in [-0.15, -0.1) is 11.3 Å². The van der Waals surface area contributed by atoms with Crippen molar-refractivity contribution in [2.75, 3.05) is 32.5 Å². The lowest BCUT2D eigenvalue weighted by atomic mass is 10.0. The highest BCUT2D eigenvalue weighted by atomic mass is 32.1. The molecule has 1 aliphatic rings. The second kappa shape index (κ2) is 8.07. The number of rotatable bonds is 6. The number of hydrogen-bond donors (Lipinski definition) is 3. The maximum Gasteiger partial charge on any atom is 0.395 e. The van der Waals surface area contributed by atoms with E-state index in [0.717, 1.165) is 27.6 Å². The van der Waals surface area contributed by atoms with Crippen molar-refractivity contribution in [3.8, 4) is 10.6 Å². The minimum Gasteiger partial charge on any atom is -0.404 e. The topological polar surface area (TPSA) is 110 Å². The Kier molecular flexibility index (Phi) is 5.76. The molecule has 0 unspecified atom stereocenters. The Bertz CT molecular complexity index is 932. The fourth-order valence-corrected chi connectivity index (χ4v) is 4.46. The van der Waals surface area contributed by atoms with Crippen LogP contribution in [-0.4, -0.2) is 48.8 Å². The lowest BCUT2D eigenvalue weighted by Gasteiger charge is -2.32. The maximum absolute atomic E-state index is 12.9. The van der Waals surface area contributed by atoms with Crippen molar-refractivity contribution in [3.63, 3.8) is 0 Å². The predicted molar refractivity (Wildman–Crippen MR) is 112 cm³/mol. The van der Waals surface area contributed by atoms with Gasteiger partial charge in [-0.3, -0.25) is 9.79 Å². The molecule has 0 aliphatic carbocycles. The Morgan fingerprint density at radius 3 is 2.93 bits per heavy atom. The van der Waals surface area contributed by atoms with Crippen LogP contribution in [-0.2, 0) is 5.54 Å². The summed E-state index contributed by atoms with van der Waals surface area (Å²) in [4.78, 5) is 28.7. The number of nitrogens with two attached hydrogens (primary N) is 1. The van der Waals surface area contributed by atoms with Gasteiger partial charge in [0.05, 0.1) is 22.2 Å². The molecule has 2 aromatic heterocycles. The quantitative estimate of drug-likeness (QED) is 0.502. The number of carbonyl (C=O) groups is 1. The van der Waals surface area contributed by atoms with Crippen LogP contribution in [0.1, 0.15) is 29.1 Å². The van der Waals surface area contributed by atoms with Crippen LogP contribution >= 0.6 is 11.3 Å². The van der Waals surface area contributed by atoms with E-state index in [1.165, 1.54) is 6.20 Å². The minimum atomic E-state index is -0.331. The molecule has 3 rings (SSSR count). The number of aliphatic imine (C=N–C) groups is 1. The van der Waals surface area contributed by atoms with Gasteiger partial charge in [-0.1, -0.05) is 4.98 Å². The number of amides is 1.